The van der Waals surface area contributed by atoms with Gasteiger partial charge in [-0.15, -0.1) is 21.5 Å². The van der Waals surface area contributed by atoms with Crippen molar-refractivity contribution in [3.05, 3.63) is 23.8 Å². The van der Waals surface area contributed by atoms with Crippen LogP contribution in [0.4, 0.5) is 5.82 Å². The number of nitrogens with zero attached hydrogens (tertiary/aromatic N) is 3. The Hall–Kier alpha value is -1.49. The molecule has 0 spiro atoms. The maximum atomic E-state index is 4.05. The average Bonchev–Trinajstić information content (AvgIpc) is 2.71. The molecule has 0 aliphatic heterocycles. The van der Waals surface area contributed by atoms with Crippen LogP contribution in [0.3, 0.4) is 0 Å². The van der Waals surface area contributed by atoms with E-state index in [1.165, 1.54) is 0 Å². The van der Waals surface area contributed by atoms with Gasteiger partial charge in [0.1, 0.15) is 11.5 Å². The van der Waals surface area contributed by atoms with E-state index in [1.54, 1.807) is 23.0 Å². The first-order chi connectivity index (χ1) is 6.40. The number of rotatable bonds is 2. The van der Waals surface area contributed by atoms with Crippen LogP contribution in [-0.4, -0.2) is 22.2 Å². The van der Waals surface area contributed by atoms with E-state index in [0.29, 0.717) is 0 Å². The average molecular weight is 192 g/mol. The Labute approximate surface area is 79.7 Å². The van der Waals surface area contributed by atoms with Crippen LogP contribution in [0.15, 0.2) is 23.8 Å². The second-order valence-corrected chi connectivity index (χ2v) is 3.31. The molecule has 0 radical (unpaired) electrons. The van der Waals surface area contributed by atoms with Crippen molar-refractivity contribution in [1.29, 1.82) is 0 Å². The van der Waals surface area contributed by atoms with E-state index in [1.807, 2.05) is 19.2 Å². The lowest BCUT2D eigenvalue weighted by Crippen LogP contribution is -1.94. The highest BCUT2D eigenvalue weighted by atomic mass is 32.1. The molecule has 2 rings (SSSR count). The molecule has 1 N–H and O–H groups in total. The SMILES string of the molecule is CNc1ccc(-c2cncs2)nn1. The van der Waals surface area contributed by atoms with E-state index < -0.39 is 0 Å². The molecule has 2 aromatic heterocycles. The minimum Gasteiger partial charge on any atom is -0.372 e. The number of hydrogen-bond donors (Lipinski definition) is 1. The van der Waals surface area contributed by atoms with E-state index >= 15 is 0 Å². The quantitative estimate of drug-likeness (QED) is 0.786. The van der Waals surface area contributed by atoms with Gasteiger partial charge in [-0.05, 0) is 12.1 Å². The zero-order chi connectivity index (χ0) is 9.10. The minimum atomic E-state index is 0.772. The molecule has 4 nitrogen and oxygen atoms in total. The Morgan fingerprint density at radius 2 is 2.23 bits per heavy atom. The van der Waals surface area contributed by atoms with Crippen LogP contribution in [0.1, 0.15) is 0 Å². The predicted octanol–water partition coefficient (Wildman–Crippen LogP) is 1.64. The van der Waals surface area contributed by atoms with Crippen LogP contribution >= 0.6 is 11.3 Å². The lowest BCUT2D eigenvalue weighted by Gasteiger charge is -1.97. The van der Waals surface area contributed by atoms with Gasteiger partial charge in [-0.3, -0.25) is 4.98 Å². The highest BCUT2D eigenvalue weighted by molar-refractivity contribution is 7.13. The van der Waals surface area contributed by atoms with Crippen LogP contribution in [0.5, 0.6) is 0 Å². The van der Waals surface area contributed by atoms with Gasteiger partial charge in [-0.25, -0.2) is 0 Å². The number of hydrogen-bond acceptors (Lipinski definition) is 5. The molecule has 0 fully saturated rings. The van der Waals surface area contributed by atoms with Crippen LogP contribution in [-0.2, 0) is 0 Å². The second-order valence-electron chi connectivity index (χ2n) is 2.42. The molecular weight excluding hydrogens is 184 g/mol. The molecule has 0 aromatic carbocycles. The van der Waals surface area contributed by atoms with Crippen molar-refractivity contribution in [2.75, 3.05) is 12.4 Å². The third kappa shape index (κ3) is 1.65. The molecule has 0 saturated carbocycles. The maximum absolute atomic E-state index is 4.05. The topological polar surface area (TPSA) is 50.7 Å². The summed E-state index contributed by atoms with van der Waals surface area (Å²) in [4.78, 5) is 5.01. The van der Waals surface area contributed by atoms with Crippen molar-refractivity contribution in [2.24, 2.45) is 0 Å². The van der Waals surface area contributed by atoms with E-state index in [4.69, 9.17) is 0 Å². The summed E-state index contributed by atoms with van der Waals surface area (Å²) in [5, 5.41) is 10.9. The Morgan fingerprint density at radius 1 is 1.31 bits per heavy atom. The standard InChI is InChI=1S/C8H8N4S/c1-9-8-3-2-6(11-12-8)7-4-10-5-13-7/h2-5H,1H3,(H,9,12). The normalized spacial score (nSPS) is 9.92. The molecule has 0 aliphatic rings. The van der Waals surface area contributed by atoms with Gasteiger partial charge in [-0.2, -0.15) is 0 Å². The summed E-state index contributed by atoms with van der Waals surface area (Å²) in [7, 11) is 1.82. The lowest BCUT2D eigenvalue weighted by molar-refractivity contribution is 1.04. The summed E-state index contributed by atoms with van der Waals surface area (Å²) in [6, 6.07) is 3.81. The third-order valence-electron chi connectivity index (χ3n) is 1.61. The van der Waals surface area contributed by atoms with Gasteiger partial charge < -0.3 is 5.32 Å². The fourth-order valence-corrected chi connectivity index (χ4v) is 1.53. The number of nitrogens with one attached hydrogen (secondary N) is 1. The van der Waals surface area contributed by atoms with E-state index in [-0.39, 0.29) is 0 Å². The van der Waals surface area contributed by atoms with Gasteiger partial charge in [0.2, 0.25) is 0 Å². The monoisotopic (exact) mass is 192 g/mol. The maximum Gasteiger partial charge on any atom is 0.148 e. The van der Waals surface area contributed by atoms with E-state index in [2.05, 4.69) is 20.5 Å². The molecule has 0 saturated heterocycles. The first-order valence-corrected chi connectivity index (χ1v) is 4.68. The molecule has 5 heteroatoms. The smallest absolute Gasteiger partial charge is 0.148 e. The molecule has 0 aliphatic carbocycles. The highest BCUT2D eigenvalue weighted by Crippen LogP contribution is 2.20. The fourth-order valence-electron chi connectivity index (χ4n) is 0.939. The summed E-state index contributed by atoms with van der Waals surface area (Å²) >= 11 is 1.56. The van der Waals surface area contributed by atoms with Gasteiger partial charge in [-0.1, -0.05) is 0 Å². The third-order valence-corrected chi connectivity index (χ3v) is 2.40. The highest BCUT2D eigenvalue weighted by Gasteiger charge is 2.00. The molecule has 0 atom stereocenters. The van der Waals surface area contributed by atoms with E-state index in [0.717, 1.165) is 16.4 Å². The molecular formula is C8H8N4S. The second kappa shape index (κ2) is 3.49. The van der Waals surface area contributed by atoms with Crippen molar-refractivity contribution in [3.8, 4) is 10.6 Å². The largest absolute Gasteiger partial charge is 0.372 e. The summed E-state index contributed by atoms with van der Waals surface area (Å²) < 4.78 is 0. The summed E-state index contributed by atoms with van der Waals surface area (Å²) in [5.74, 6) is 0.772. The van der Waals surface area contributed by atoms with Gasteiger partial charge >= 0.3 is 0 Å². The Bertz CT molecular complexity index is 368. The van der Waals surface area contributed by atoms with Crippen molar-refractivity contribution < 1.29 is 0 Å². The van der Waals surface area contributed by atoms with Crippen molar-refractivity contribution in [1.82, 2.24) is 15.2 Å². The molecule has 0 bridgehead atoms. The fraction of sp³-hybridized carbons (Fsp3) is 0.125. The van der Waals surface area contributed by atoms with Gasteiger partial charge in [0, 0.05) is 13.2 Å². The van der Waals surface area contributed by atoms with Crippen molar-refractivity contribution in [3.63, 3.8) is 0 Å². The van der Waals surface area contributed by atoms with Gasteiger partial charge in [0.05, 0.1) is 10.4 Å². The Morgan fingerprint density at radius 3 is 2.77 bits per heavy atom. The molecule has 0 unspecified atom stereocenters. The van der Waals surface area contributed by atoms with Crippen LogP contribution in [0, 0.1) is 0 Å². The van der Waals surface area contributed by atoms with Crippen molar-refractivity contribution >= 4 is 17.2 Å². The number of anilines is 1. The molecule has 2 heterocycles. The molecule has 0 amide bonds. The van der Waals surface area contributed by atoms with Gasteiger partial charge in [0.25, 0.3) is 0 Å². The molecule has 2 aromatic rings. The van der Waals surface area contributed by atoms with E-state index in [9.17, 15) is 0 Å². The number of thiazole rings is 1. The summed E-state index contributed by atoms with van der Waals surface area (Å²) in [5.41, 5.74) is 2.64. The van der Waals surface area contributed by atoms with Crippen LogP contribution in [0.2, 0.25) is 0 Å². The number of aromatic nitrogens is 3. The zero-order valence-corrected chi connectivity index (χ0v) is 7.88. The first-order valence-electron chi connectivity index (χ1n) is 3.80. The summed E-state index contributed by atoms with van der Waals surface area (Å²) in [6.07, 6.45) is 1.79. The van der Waals surface area contributed by atoms with Gasteiger partial charge in [0.15, 0.2) is 0 Å². The Kier molecular flexibility index (Phi) is 2.18. The Balaban J connectivity index is 2.33. The van der Waals surface area contributed by atoms with Crippen LogP contribution in [0.25, 0.3) is 10.6 Å². The summed E-state index contributed by atoms with van der Waals surface area (Å²) in [6.45, 7) is 0. The minimum absolute atomic E-state index is 0.772. The lowest BCUT2D eigenvalue weighted by atomic mass is 10.3. The molecule has 66 valence electrons. The predicted molar refractivity (Wildman–Crippen MR) is 52.7 cm³/mol. The van der Waals surface area contributed by atoms with Crippen molar-refractivity contribution in [2.45, 2.75) is 0 Å². The first kappa shape index (κ1) is 8.12. The molecule has 13 heavy (non-hydrogen) atoms. The van der Waals surface area contributed by atoms with Crippen LogP contribution < -0.4 is 5.32 Å². The zero-order valence-electron chi connectivity index (χ0n) is 7.06.